The number of anilines is 1. The number of amides is 1. The van der Waals surface area contributed by atoms with Gasteiger partial charge in [0.2, 0.25) is 0 Å². The molecule has 2 N–H and O–H groups in total. The normalized spacial score (nSPS) is 14.2. The molecule has 214 valence electrons. The Morgan fingerprint density at radius 3 is 2.29 bits per heavy atom. The highest BCUT2D eigenvalue weighted by molar-refractivity contribution is 6.08. The highest BCUT2D eigenvalue weighted by Gasteiger charge is 2.27. The molecule has 0 saturated carbocycles. The molecule has 1 aliphatic heterocycles. The van der Waals surface area contributed by atoms with Crippen molar-refractivity contribution in [1.82, 2.24) is 9.88 Å². The summed E-state index contributed by atoms with van der Waals surface area (Å²) >= 11 is 0. The van der Waals surface area contributed by atoms with Crippen molar-refractivity contribution in [3.8, 4) is 5.75 Å². The van der Waals surface area contributed by atoms with Crippen LogP contribution in [0, 0.1) is 0 Å². The molecule has 1 saturated heterocycles. The second-order valence-corrected chi connectivity index (χ2v) is 11.2. The van der Waals surface area contributed by atoms with Crippen LogP contribution in [0.25, 0.3) is 10.9 Å². The van der Waals surface area contributed by atoms with Gasteiger partial charge in [-0.1, -0.05) is 86.1 Å². The fourth-order valence-electron chi connectivity index (χ4n) is 6.11. The van der Waals surface area contributed by atoms with Crippen LogP contribution in [0.15, 0.2) is 103 Å². The summed E-state index contributed by atoms with van der Waals surface area (Å²) in [4.78, 5) is 19.8. The maximum Gasteiger partial charge on any atom is 0.272 e. The van der Waals surface area contributed by atoms with Crippen LogP contribution in [0.4, 0.5) is 5.69 Å². The van der Waals surface area contributed by atoms with Gasteiger partial charge >= 0.3 is 0 Å². The number of likely N-dealkylation sites (tertiary alicyclic amines) is 1. The zero-order valence-electron chi connectivity index (χ0n) is 24.3. The maximum absolute atomic E-state index is 13.9. The zero-order chi connectivity index (χ0) is 28.7. The third-order valence-electron chi connectivity index (χ3n) is 8.23. The Kier molecular flexibility index (Phi) is 8.67. The SMILES string of the molecule is CCCc1ccc(NC(=O)c2[nH]c3ccccc3c2C(c2ccccc2)c2ccc(OCCN3CCCC3)cc2)cc1. The van der Waals surface area contributed by atoms with Crippen LogP contribution in [0.1, 0.15) is 64.8 Å². The van der Waals surface area contributed by atoms with Crippen LogP contribution < -0.4 is 10.1 Å². The van der Waals surface area contributed by atoms with Crippen molar-refractivity contribution in [2.75, 3.05) is 31.6 Å². The highest BCUT2D eigenvalue weighted by Crippen LogP contribution is 2.39. The predicted molar refractivity (Wildman–Crippen MR) is 172 cm³/mol. The number of ether oxygens (including phenoxy) is 1. The molecule has 4 aromatic carbocycles. The number of benzene rings is 4. The Morgan fingerprint density at radius 2 is 1.55 bits per heavy atom. The third kappa shape index (κ3) is 6.27. The average molecular weight is 558 g/mol. The molecule has 1 aliphatic rings. The third-order valence-corrected chi connectivity index (χ3v) is 8.23. The summed E-state index contributed by atoms with van der Waals surface area (Å²) in [5, 5.41) is 4.19. The molecule has 5 heteroatoms. The van der Waals surface area contributed by atoms with Crippen LogP contribution in [-0.2, 0) is 6.42 Å². The number of aromatic nitrogens is 1. The lowest BCUT2D eigenvalue weighted by Gasteiger charge is -2.21. The molecule has 0 spiro atoms. The zero-order valence-corrected chi connectivity index (χ0v) is 24.3. The van der Waals surface area contributed by atoms with Gasteiger partial charge in [0.1, 0.15) is 18.1 Å². The fourth-order valence-corrected chi connectivity index (χ4v) is 6.11. The lowest BCUT2D eigenvalue weighted by atomic mass is 9.83. The monoisotopic (exact) mass is 557 g/mol. The van der Waals surface area contributed by atoms with Gasteiger partial charge in [0.05, 0.1) is 0 Å². The van der Waals surface area contributed by atoms with Crippen LogP contribution in [0.2, 0.25) is 0 Å². The molecule has 0 aliphatic carbocycles. The standard InChI is InChI=1S/C37H39N3O2/c1-2-10-27-15-19-30(20-16-27)38-37(41)36-35(32-13-6-7-14-33(32)39-36)34(28-11-4-3-5-12-28)29-17-21-31(22-18-29)42-26-25-40-23-8-9-24-40/h3-7,11-22,34,39H,2,8-10,23-26H2,1H3,(H,38,41). The first-order valence-electron chi connectivity index (χ1n) is 15.2. The molecule has 1 fully saturated rings. The summed E-state index contributed by atoms with van der Waals surface area (Å²) in [5.41, 5.74) is 6.79. The van der Waals surface area contributed by atoms with E-state index in [1.807, 2.05) is 36.4 Å². The van der Waals surface area contributed by atoms with Crippen molar-refractivity contribution in [3.63, 3.8) is 0 Å². The number of aryl methyl sites for hydroxylation is 1. The molecule has 1 atom stereocenters. The number of nitrogens with zero attached hydrogens (tertiary/aromatic N) is 1. The minimum absolute atomic E-state index is 0.145. The number of rotatable bonds is 11. The fraction of sp³-hybridized carbons (Fsp3) is 0.270. The topological polar surface area (TPSA) is 57.4 Å². The van der Waals surface area contributed by atoms with Gasteiger partial charge in [0.25, 0.3) is 5.91 Å². The quantitative estimate of drug-likeness (QED) is 0.173. The molecule has 5 nitrogen and oxygen atoms in total. The van der Waals surface area contributed by atoms with E-state index in [1.165, 1.54) is 31.5 Å². The van der Waals surface area contributed by atoms with Gasteiger partial charge in [0.15, 0.2) is 0 Å². The number of hydrogen-bond acceptors (Lipinski definition) is 3. The Hall–Kier alpha value is -4.35. The summed E-state index contributed by atoms with van der Waals surface area (Å²) in [6.07, 6.45) is 4.70. The summed E-state index contributed by atoms with van der Waals surface area (Å²) in [5.74, 6) is 0.578. The molecule has 1 amide bonds. The lowest BCUT2D eigenvalue weighted by Crippen LogP contribution is -2.25. The number of fused-ring (bicyclic) bond motifs is 1. The van der Waals surface area contributed by atoms with E-state index >= 15 is 0 Å². The summed E-state index contributed by atoms with van der Waals surface area (Å²) in [6.45, 7) is 6.17. The van der Waals surface area contributed by atoms with E-state index in [9.17, 15) is 4.79 Å². The van der Waals surface area contributed by atoms with Crippen molar-refractivity contribution >= 4 is 22.5 Å². The predicted octanol–water partition coefficient (Wildman–Crippen LogP) is 8.03. The Balaban J connectivity index is 1.33. The molecule has 1 unspecified atom stereocenters. The van der Waals surface area contributed by atoms with Crippen molar-refractivity contribution in [2.45, 2.75) is 38.5 Å². The van der Waals surface area contributed by atoms with Crippen LogP contribution in [0.5, 0.6) is 5.75 Å². The lowest BCUT2D eigenvalue weighted by molar-refractivity contribution is 0.102. The second kappa shape index (κ2) is 13.1. The molecule has 0 bridgehead atoms. The van der Waals surface area contributed by atoms with Gasteiger partial charge < -0.3 is 15.0 Å². The first kappa shape index (κ1) is 27.8. The van der Waals surface area contributed by atoms with Gasteiger partial charge in [-0.05, 0) is 79.4 Å². The summed E-state index contributed by atoms with van der Waals surface area (Å²) in [6, 6.07) is 35.2. The van der Waals surface area contributed by atoms with Gasteiger partial charge in [-0.3, -0.25) is 9.69 Å². The van der Waals surface area contributed by atoms with E-state index in [4.69, 9.17) is 4.74 Å². The minimum Gasteiger partial charge on any atom is -0.492 e. The van der Waals surface area contributed by atoms with E-state index in [1.54, 1.807) is 0 Å². The van der Waals surface area contributed by atoms with Crippen LogP contribution in [0.3, 0.4) is 0 Å². The number of carbonyl (C=O) groups is 1. The van der Waals surface area contributed by atoms with E-state index in [-0.39, 0.29) is 11.8 Å². The Labute approximate surface area is 248 Å². The number of para-hydroxylation sites is 1. The second-order valence-electron chi connectivity index (χ2n) is 11.2. The summed E-state index contributed by atoms with van der Waals surface area (Å²) in [7, 11) is 0. The molecule has 5 aromatic rings. The van der Waals surface area contributed by atoms with Gasteiger partial charge in [0, 0.05) is 34.6 Å². The number of hydrogen-bond donors (Lipinski definition) is 2. The number of H-pyrrole nitrogens is 1. The van der Waals surface area contributed by atoms with Crippen LogP contribution >= 0.6 is 0 Å². The van der Waals surface area contributed by atoms with Crippen molar-refractivity contribution in [3.05, 3.63) is 131 Å². The number of nitrogens with one attached hydrogen (secondary N) is 2. The van der Waals surface area contributed by atoms with Gasteiger partial charge in [-0.2, -0.15) is 0 Å². The number of carbonyl (C=O) groups excluding carboxylic acids is 1. The van der Waals surface area contributed by atoms with Crippen molar-refractivity contribution in [1.29, 1.82) is 0 Å². The van der Waals surface area contributed by atoms with Gasteiger partial charge in [-0.15, -0.1) is 0 Å². The largest absolute Gasteiger partial charge is 0.492 e. The Morgan fingerprint density at radius 1 is 0.857 bits per heavy atom. The van der Waals surface area contributed by atoms with Crippen molar-refractivity contribution < 1.29 is 9.53 Å². The summed E-state index contributed by atoms with van der Waals surface area (Å²) < 4.78 is 6.11. The van der Waals surface area contributed by atoms with Crippen molar-refractivity contribution in [2.24, 2.45) is 0 Å². The first-order valence-corrected chi connectivity index (χ1v) is 15.2. The average Bonchev–Trinajstić information content (AvgIpc) is 3.68. The molecule has 42 heavy (non-hydrogen) atoms. The van der Waals surface area contributed by atoms with E-state index in [0.717, 1.165) is 58.4 Å². The Bertz CT molecular complexity index is 1600. The molecule has 6 rings (SSSR count). The molecule has 0 radical (unpaired) electrons. The number of aromatic amines is 1. The molecular formula is C37H39N3O2. The smallest absolute Gasteiger partial charge is 0.272 e. The van der Waals surface area contributed by atoms with E-state index in [0.29, 0.717) is 12.3 Å². The maximum atomic E-state index is 13.9. The van der Waals surface area contributed by atoms with E-state index in [2.05, 4.69) is 88.9 Å². The first-order chi connectivity index (χ1) is 20.7. The van der Waals surface area contributed by atoms with E-state index < -0.39 is 0 Å². The van der Waals surface area contributed by atoms with Gasteiger partial charge in [-0.25, -0.2) is 0 Å². The molecule has 1 aromatic heterocycles. The molecule has 2 heterocycles. The minimum atomic E-state index is -0.146. The molecular weight excluding hydrogens is 518 g/mol. The highest BCUT2D eigenvalue weighted by atomic mass is 16.5. The van der Waals surface area contributed by atoms with Crippen LogP contribution in [-0.4, -0.2) is 42.0 Å².